The van der Waals surface area contributed by atoms with Gasteiger partial charge in [-0.1, -0.05) is 12.1 Å². The summed E-state index contributed by atoms with van der Waals surface area (Å²) in [5, 5.41) is 10.5. The third-order valence-electron chi connectivity index (χ3n) is 4.85. The van der Waals surface area contributed by atoms with Crippen molar-refractivity contribution in [2.24, 2.45) is 0 Å². The largest absolute Gasteiger partial charge is 0.481 e. The average molecular weight is 381 g/mol. The molecule has 0 fully saturated rings. The van der Waals surface area contributed by atoms with Gasteiger partial charge < -0.3 is 10.1 Å². The fourth-order valence-corrected chi connectivity index (χ4v) is 3.33. The number of nitrogens with one attached hydrogen (secondary N) is 1. The molecule has 1 aliphatic rings. The van der Waals surface area contributed by atoms with Crippen molar-refractivity contribution in [3.63, 3.8) is 0 Å². The summed E-state index contributed by atoms with van der Waals surface area (Å²) in [7, 11) is 0. The van der Waals surface area contributed by atoms with Crippen molar-refractivity contribution in [3.05, 3.63) is 59.4 Å². The number of hydrogen-bond donors (Lipinski definition) is 1. The second-order valence-electron chi connectivity index (χ2n) is 6.86. The van der Waals surface area contributed by atoms with Crippen molar-refractivity contribution in [2.75, 3.05) is 5.32 Å². The molecule has 1 aliphatic carbocycles. The molecular weight excluding hydrogens is 361 g/mol. The maximum Gasteiger partial charge on any atom is 0.266 e. The third-order valence-corrected chi connectivity index (χ3v) is 4.85. The Kier molecular flexibility index (Phi) is 5.06. The Hall–Kier alpha value is -3.22. The fraction of sp³-hybridized carbons (Fsp3) is 0.286. The molecule has 1 aromatic heterocycles. The molecule has 3 aromatic rings. The van der Waals surface area contributed by atoms with E-state index in [2.05, 4.69) is 27.8 Å². The molecule has 0 saturated carbocycles. The molecule has 0 spiro atoms. The first-order valence-corrected chi connectivity index (χ1v) is 9.28. The van der Waals surface area contributed by atoms with Crippen molar-refractivity contribution in [2.45, 2.75) is 38.7 Å². The minimum absolute atomic E-state index is 0.246. The number of halogens is 1. The van der Waals surface area contributed by atoms with Crippen LogP contribution in [0.5, 0.6) is 5.75 Å². The molecule has 6 nitrogen and oxygen atoms in total. The predicted octanol–water partition coefficient (Wildman–Crippen LogP) is 4.16. The first-order chi connectivity index (χ1) is 13.6. The lowest BCUT2D eigenvalue weighted by molar-refractivity contribution is -0.122. The number of fused-ring (bicyclic) bond motifs is 1. The van der Waals surface area contributed by atoms with Gasteiger partial charge in [0, 0.05) is 5.56 Å². The molecule has 0 aliphatic heterocycles. The molecule has 28 heavy (non-hydrogen) atoms. The molecule has 2 aromatic carbocycles. The van der Waals surface area contributed by atoms with E-state index >= 15 is 0 Å². The van der Waals surface area contributed by atoms with Crippen LogP contribution in [-0.4, -0.2) is 22.3 Å². The molecular formula is C21H20FN3O3. The lowest BCUT2D eigenvalue weighted by atomic mass is 9.90. The van der Waals surface area contributed by atoms with Crippen molar-refractivity contribution in [1.29, 1.82) is 0 Å². The van der Waals surface area contributed by atoms with Crippen molar-refractivity contribution >= 4 is 11.7 Å². The quantitative estimate of drug-likeness (QED) is 0.718. The van der Waals surface area contributed by atoms with E-state index in [0.29, 0.717) is 11.4 Å². The van der Waals surface area contributed by atoms with Crippen LogP contribution in [0.1, 0.15) is 30.9 Å². The zero-order valence-corrected chi connectivity index (χ0v) is 15.4. The monoisotopic (exact) mass is 381 g/mol. The number of hydrogen-bond acceptors (Lipinski definition) is 5. The molecule has 144 valence electrons. The number of aromatic nitrogens is 2. The van der Waals surface area contributed by atoms with Crippen LogP contribution in [0, 0.1) is 5.82 Å². The summed E-state index contributed by atoms with van der Waals surface area (Å²) in [6.45, 7) is 1.60. The minimum atomic E-state index is -0.807. The third kappa shape index (κ3) is 3.88. The molecule has 1 N–H and O–H groups in total. The minimum Gasteiger partial charge on any atom is -0.481 e. The van der Waals surface area contributed by atoms with E-state index in [-0.39, 0.29) is 11.6 Å². The smallest absolute Gasteiger partial charge is 0.266 e. The van der Waals surface area contributed by atoms with E-state index in [4.69, 9.17) is 9.37 Å². The highest BCUT2D eigenvalue weighted by atomic mass is 19.1. The van der Waals surface area contributed by atoms with Gasteiger partial charge in [0.2, 0.25) is 5.82 Å². The number of aryl methyl sites for hydroxylation is 2. The van der Waals surface area contributed by atoms with Crippen molar-refractivity contribution in [3.8, 4) is 17.0 Å². The van der Waals surface area contributed by atoms with E-state index in [1.165, 1.54) is 48.2 Å². The first-order valence-electron chi connectivity index (χ1n) is 9.28. The Morgan fingerprint density at radius 1 is 1.11 bits per heavy atom. The highest BCUT2D eigenvalue weighted by molar-refractivity contribution is 5.96. The summed E-state index contributed by atoms with van der Waals surface area (Å²) >= 11 is 0. The van der Waals surface area contributed by atoms with Gasteiger partial charge in [-0.2, -0.15) is 0 Å². The Balaban J connectivity index is 1.48. The summed E-state index contributed by atoms with van der Waals surface area (Å²) in [6.07, 6.45) is 3.71. The number of rotatable bonds is 5. The molecule has 1 amide bonds. The number of ether oxygens (including phenoxy) is 1. The SMILES string of the molecule is C[C@H](Oc1ccc(F)cc1)C(=O)Nc1nonc1-c1ccc2c(c1)CCCC2. The fourth-order valence-electron chi connectivity index (χ4n) is 3.33. The second kappa shape index (κ2) is 7.80. The maximum atomic E-state index is 13.0. The van der Waals surface area contributed by atoms with Crippen molar-refractivity contribution in [1.82, 2.24) is 10.3 Å². The summed E-state index contributed by atoms with van der Waals surface area (Å²) < 4.78 is 23.4. The van der Waals surface area contributed by atoms with Crippen LogP contribution < -0.4 is 10.1 Å². The molecule has 1 heterocycles. The average Bonchev–Trinajstić information content (AvgIpc) is 3.17. The van der Waals surface area contributed by atoms with Crippen LogP contribution in [0.15, 0.2) is 47.1 Å². The van der Waals surface area contributed by atoms with Crippen LogP contribution in [-0.2, 0) is 17.6 Å². The van der Waals surface area contributed by atoms with Gasteiger partial charge in [-0.05, 0) is 84.4 Å². The standard InChI is InChI=1S/C21H20FN3O3/c1-13(27-18-10-8-17(22)9-11-18)21(26)23-20-19(24-28-25-20)16-7-6-14-4-2-3-5-15(14)12-16/h6-13H,2-5H2,1H3,(H,23,25,26)/t13-/m0/s1. The molecule has 7 heteroatoms. The topological polar surface area (TPSA) is 77.2 Å². The summed E-state index contributed by atoms with van der Waals surface area (Å²) in [5.74, 6) is -0.125. The van der Waals surface area contributed by atoms with Gasteiger partial charge in [0.1, 0.15) is 11.6 Å². The Labute approximate surface area is 161 Å². The van der Waals surface area contributed by atoms with Crippen LogP contribution in [0.2, 0.25) is 0 Å². The van der Waals surface area contributed by atoms with Gasteiger partial charge in [-0.25, -0.2) is 9.02 Å². The molecule has 0 unspecified atom stereocenters. The number of benzene rings is 2. The van der Waals surface area contributed by atoms with Crippen LogP contribution in [0.3, 0.4) is 0 Å². The Morgan fingerprint density at radius 3 is 2.64 bits per heavy atom. The van der Waals surface area contributed by atoms with E-state index < -0.39 is 12.0 Å². The van der Waals surface area contributed by atoms with Gasteiger partial charge in [0.25, 0.3) is 5.91 Å². The Bertz CT molecular complexity index is 985. The summed E-state index contributed by atoms with van der Waals surface area (Å²) in [6, 6.07) is 11.6. The molecule has 1 atom stereocenters. The van der Waals surface area contributed by atoms with Crippen molar-refractivity contribution < 1.29 is 18.6 Å². The van der Waals surface area contributed by atoms with E-state index in [0.717, 1.165) is 18.4 Å². The van der Waals surface area contributed by atoms with Gasteiger partial charge in [-0.3, -0.25) is 4.79 Å². The number of anilines is 1. The molecule has 0 radical (unpaired) electrons. The molecule has 4 rings (SSSR count). The van der Waals surface area contributed by atoms with E-state index in [9.17, 15) is 9.18 Å². The first kappa shape index (κ1) is 18.2. The number of carbonyl (C=O) groups is 1. The maximum absolute atomic E-state index is 13.0. The summed E-state index contributed by atoms with van der Waals surface area (Å²) in [4.78, 5) is 12.5. The molecule has 0 saturated heterocycles. The lowest BCUT2D eigenvalue weighted by Crippen LogP contribution is -2.30. The summed E-state index contributed by atoms with van der Waals surface area (Å²) in [5.41, 5.74) is 4.00. The van der Waals surface area contributed by atoms with E-state index in [1.54, 1.807) is 6.92 Å². The predicted molar refractivity (Wildman–Crippen MR) is 101 cm³/mol. The lowest BCUT2D eigenvalue weighted by Gasteiger charge is -2.16. The van der Waals surface area contributed by atoms with Gasteiger partial charge in [0.05, 0.1) is 0 Å². The number of carbonyl (C=O) groups excluding carboxylic acids is 1. The van der Waals surface area contributed by atoms with Crippen LogP contribution in [0.25, 0.3) is 11.3 Å². The van der Waals surface area contributed by atoms with E-state index in [1.807, 2.05) is 6.07 Å². The zero-order chi connectivity index (χ0) is 19.5. The normalized spacial score (nSPS) is 14.2. The second-order valence-corrected chi connectivity index (χ2v) is 6.86. The van der Waals surface area contributed by atoms with Gasteiger partial charge in [-0.15, -0.1) is 0 Å². The van der Waals surface area contributed by atoms with Gasteiger partial charge >= 0.3 is 0 Å². The Morgan fingerprint density at radius 2 is 1.86 bits per heavy atom. The zero-order valence-electron chi connectivity index (χ0n) is 15.4. The molecule has 0 bridgehead atoms. The van der Waals surface area contributed by atoms with Crippen LogP contribution >= 0.6 is 0 Å². The van der Waals surface area contributed by atoms with Gasteiger partial charge in [0.15, 0.2) is 11.8 Å². The highest BCUT2D eigenvalue weighted by Gasteiger charge is 2.21. The van der Waals surface area contributed by atoms with Crippen LogP contribution in [0.4, 0.5) is 10.2 Å². The highest BCUT2D eigenvalue weighted by Crippen LogP contribution is 2.30. The number of amides is 1. The number of nitrogens with zero attached hydrogens (tertiary/aromatic N) is 2.